The minimum Gasteiger partial charge on any atom is -0.480 e. The average Bonchev–Trinajstić information content (AvgIpc) is 3.38. The highest BCUT2D eigenvalue weighted by Crippen LogP contribution is 2.45. The first-order valence-corrected chi connectivity index (χ1v) is 9.06. The van der Waals surface area contributed by atoms with Crippen molar-refractivity contribution < 1.29 is 14.7 Å². The molecule has 1 amide bonds. The lowest BCUT2D eigenvalue weighted by molar-refractivity contribution is -0.148. The summed E-state index contributed by atoms with van der Waals surface area (Å²) < 4.78 is 0. The third-order valence-corrected chi connectivity index (χ3v) is 5.93. The highest BCUT2D eigenvalue weighted by Gasteiger charge is 2.51. The van der Waals surface area contributed by atoms with E-state index in [9.17, 15) is 14.7 Å². The minimum absolute atomic E-state index is 0.0519. The van der Waals surface area contributed by atoms with Gasteiger partial charge in [0.25, 0.3) is 0 Å². The molecule has 1 N–H and O–H groups in total. The zero-order valence-electron chi connectivity index (χ0n) is 14.5. The predicted octanol–water partition coefficient (Wildman–Crippen LogP) is 1.47. The molecule has 0 unspecified atom stereocenters. The number of aliphatic carboxylic acids is 1. The fraction of sp³-hybridized carbons (Fsp3) is 0.667. The summed E-state index contributed by atoms with van der Waals surface area (Å²) in [4.78, 5) is 28.0. The van der Waals surface area contributed by atoms with E-state index in [1.165, 1.54) is 0 Å². The van der Waals surface area contributed by atoms with Gasteiger partial charge in [-0.2, -0.15) is 5.10 Å². The van der Waals surface area contributed by atoms with Gasteiger partial charge in [-0.25, -0.2) is 4.79 Å². The molecule has 7 heteroatoms. The van der Waals surface area contributed by atoms with Gasteiger partial charge >= 0.3 is 5.97 Å². The summed E-state index contributed by atoms with van der Waals surface area (Å²) in [5.74, 6) is 0.132. The van der Waals surface area contributed by atoms with Crippen LogP contribution in [-0.2, 0) is 9.59 Å². The molecule has 4 rings (SSSR count). The summed E-state index contributed by atoms with van der Waals surface area (Å²) in [6.07, 6.45) is 4.18. The number of anilines is 1. The summed E-state index contributed by atoms with van der Waals surface area (Å²) in [6.45, 7) is 4.16. The smallest absolute Gasteiger partial charge is 0.326 e. The van der Waals surface area contributed by atoms with E-state index in [0.717, 1.165) is 50.3 Å². The van der Waals surface area contributed by atoms with Crippen molar-refractivity contribution in [2.75, 3.05) is 24.5 Å². The highest BCUT2D eigenvalue weighted by molar-refractivity contribution is 5.87. The number of hydrogen-bond donors (Lipinski definition) is 1. The zero-order valence-corrected chi connectivity index (χ0v) is 14.5. The highest BCUT2D eigenvalue weighted by atomic mass is 16.4. The Morgan fingerprint density at radius 1 is 1.20 bits per heavy atom. The number of aromatic nitrogens is 2. The number of amides is 1. The zero-order chi connectivity index (χ0) is 17.6. The minimum atomic E-state index is -0.863. The van der Waals surface area contributed by atoms with Crippen LogP contribution in [0.25, 0.3) is 0 Å². The maximum Gasteiger partial charge on any atom is 0.326 e. The number of carbonyl (C=O) groups is 2. The number of nitrogens with zero attached hydrogens (tertiary/aromatic N) is 4. The molecule has 1 spiro atoms. The van der Waals surface area contributed by atoms with Gasteiger partial charge in [-0.3, -0.25) is 4.79 Å². The molecule has 0 aromatic carbocycles. The Kier molecular flexibility index (Phi) is 3.89. The van der Waals surface area contributed by atoms with E-state index in [1.807, 2.05) is 19.1 Å². The van der Waals surface area contributed by atoms with Crippen LogP contribution in [0.2, 0.25) is 0 Å². The SMILES string of the molecule is Cc1ccc(N2CCC3(CC2)C[C@H](C(=O)O)N(C(=O)C2CC2)C3)nn1. The number of carboxylic acid groups (broad SMARTS) is 1. The van der Waals surface area contributed by atoms with E-state index in [0.29, 0.717) is 13.0 Å². The van der Waals surface area contributed by atoms with Crippen LogP contribution in [0.5, 0.6) is 0 Å². The largest absolute Gasteiger partial charge is 0.480 e. The standard InChI is InChI=1S/C18H24N4O3/c1-12-2-5-15(20-19-12)21-8-6-18(7-9-21)10-14(17(24)25)22(11-18)16(23)13-3-4-13/h2,5,13-14H,3-4,6-11H2,1H3,(H,24,25)/t14-/m1/s1. The second-order valence-corrected chi connectivity index (χ2v) is 7.82. The van der Waals surface area contributed by atoms with Gasteiger partial charge in [0.2, 0.25) is 5.91 Å². The maximum absolute atomic E-state index is 12.5. The van der Waals surface area contributed by atoms with Gasteiger partial charge < -0.3 is 14.9 Å². The van der Waals surface area contributed by atoms with Gasteiger partial charge in [-0.15, -0.1) is 5.10 Å². The van der Waals surface area contributed by atoms with Crippen molar-refractivity contribution in [2.24, 2.45) is 11.3 Å². The van der Waals surface area contributed by atoms with Crippen molar-refractivity contribution in [1.29, 1.82) is 0 Å². The van der Waals surface area contributed by atoms with E-state index in [2.05, 4.69) is 15.1 Å². The molecule has 0 radical (unpaired) electrons. The number of carbonyl (C=O) groups excluding carboxylic acids is 1. The van der Waals surface area contributed by atoms with Crippen molar-refractivity contribution in [3.63, 3.8) is 0 Å². The lowest BCUT2D eigenvalue weighted by atomic mass is 9.76. The van der Waals surface area contributed by atoms with Crippen molar-refractivity contribution >= 4 is 17.7 Å². The van der Waals surface area contributed by atoms with Crippen LogP contribution >= 0.6 is 0 Å². The Morgan fingerprint density at radius 2 is 1.92 bits per heavy atom. The molecule has 3 heterocycles. The monoisotopic (exact) mass is 344 g/mol. The first-order valence-electron chi connectivity index (χ1n) is 9.06. The Labute approximate surface area is 147 Å². The summed E-state index contributed by atoms with van der Waals surface area (Å²) in [6, 6.07) is 3.29. The fourth-order valence-electron chi connectivity index (χ4n) is 4.21. The molecule has 2 saturated heterocycles. The van der Waals surface area contributed by atoms with Gasteiger partial charge in [-0.05, 0) is 56.6 Å². The van der Waals surface area contributed by atoms with E-state index >= 15 is 0 Å². The summed E-state index contributed by atoms with van der Waals surface area (Å²) in [5.41, 5.74) is 0.828. The van der Waals surface area contributed by atoms with Crippen LogP contribution in [0.3, 0.4) is 0 Å². The Hall–Kier alpha value is -2.18. The molecule has 7 nitrogen and oxygen atoms in total. The Bertz CT molecular complexity index is 678. The van der Waals surface area contributed by atoms with Crippen molar-refractivity contribution in [2.45, 2.75) is 45.1 Å². The molecule has 2 aliphatic heterocycles. The first-order chi connectivity index (χ1) is 12.0. The molecule has 134 valence electrons. The van der Waals surface area contributed by atoms with E-state index in [4.69, 9.17) is 0 Å². The van der Waals surface area contributed by atoms with Crippen molar-refractivity contribution in [3.8, 4) is 0 Å². The quantitative estimate of drug-likeness (QED) is 0.893. The van der Waals surface area contributed by atoms with Crippen LogP contribution in [0.4, 0.5) is 5.82 Å². The van der Waals surface area contributed by atoms with Gasteiger partial charge in [-0.1, -0.05) is 0 Å². The number of hydrogen-bond acceptors (Lipinski definition) is 5. The van der Waals surface area contributed by atoms with Gasteiger partial charge in [0, 0.05) is 25.6 Å². The third kappa shape index (κ3) is 3.07. The van der Waals surface area contributed by atoms with Crippen molar-refractivity contribution in [1.82, 2.24) is 15.1 Å². The molecule has 3 aliphatic rings. The van der Waals surface area contributed by atoms with Gasteiger partial charge in [0.05, 0.1) is 5.69 Å². The number of piperidine rings is 1. The van der Waals surface area contributed by atoms with Crippen molar-refractivity contribution in [3.05, 3.63) is 17.8 Å². The Morgan fingerprint density at radius 3 is 2.48 bits per heavy atom. The number of carboxylic acids is 1. The molecule has 3 fully saturated rings. The van der Waals surface area contributed by atoms with Gasteiger partial charge in [0.15, 0.2) is 5.82 Å². The summed E-state index contributed by atoms with van der Waals surface area (Å²) in [5, 5.41) is 18.0. The van der Waals surface area contributed by atoms with Crippen LogP contribution in [0.15, 0.2) is 12.1 Å². The van der Waals surface area contributed by atoms with E-state index in [1.54, 1.807) is 4.90 Å². The normalized spacial score (nSPS) is 25.4. The molecule has 25 heavy (non-hydrogen) atoms. The second kappa shape index (κ2) is 5.97. The van der Waals surface area contributed by atoms with E-state index in [-0.39, 0.29) is 17.2 Å². The average molecular weight is 344 g/mol. The third-order valence-electron chi connectivity index (χ3n) is 5.93. The van der Waals surface area contributed by atoms with Crippen LogP contribution in [0.1, 0.15) is 37.8 Å². The van der Waals surface area contributed by atoms with E-state index < -0.39 is 12.0 Å². The second-order valence-electron chi connectivity index (χ2n) is 7.82. The number of likely N-dealkylation sites (tertiary alicyclic amines) is 1. The molecule has 1 atom stereocenters. The topological polar surface area (TPSA) is 86.6 Å². The Balaban J connectivity index is 1.45. The number of rotatable bonds is 3. The van der Waals surface area contributed by atoms with Gasteiger partial charge in [0.1, 0.15) is 6.04 Å². The molecule has 0 bridgehead atoms. The van der Waals surface area contributed by atoms with Crippen LogP contribution in [-0.4, -0.2) is 57.8 Å². The summed E-state index contributed by atoms with van der Waals surface area (Å²) >= 11 is 0. The molecule has 1 aromatic heterocycles. The van der Waals surface area contributed by atoms with Crippen LogP contribution in [0, 0.1) is 18.3 Å². The molecular weight excluding hydrogens is 320 g/mol. The fourth-order valence-corrected chi connectivity index (χ4v) is 4.21. The predicted molar refractivity (Wildman–Crippen MR) is 91.1 cm³/mol. The van der Waals surface area contributed by atoms with Crippen LogP contribution < -0.4 is 4.90 Å². The molecule has 1 saturated carbocycles. The number of aryl methyl sites for hydroxylation is 1. The molecule has 1 aliphatic carbocycles. The lowest BCUT2D eigenvalue weighted by Crippen LogP contribution is -2.43. The first kappa shape index (κ1) is 16.3. The molecule has 1 aromatic rings. The lowest BCUT2D eigenvalue weighted by Gasteiger charge is -2.39. The summed E-state index contributed by atoms with van der Waals surface area (Å²) in [7, 11) is 0. The molecular formula is C18H24N4O3. The maximum atomic E-state index is 12.5.